The molecule has 1 aliphatic rings. The van der Waals surface area contributed by atoms with Crippen LogP contribution in [0.4, 0.5) is 0 Å². The molecule has 0 saturated carbocycles. The van der Waals surface area contributed by atoms with E-state index in [1.54, 1.807) is 0 Å². The van der Waals surface area contributed by atoms with Gasteiger partial charge in [0.15, 0.2) is 5.78 Å². The Labute approximate surface area is 102 Å². The highest BCUT2D eigenvalue weighted by Gasteiger charge is 2.25. The normalized spacial score (nSPS) is 26.1. The van der Waals surface area contributed by atoms with E-state index in [-0.39, 0.29) is 17.8 Å². The lowest BCUT2D eigenvalue weighted by molar-refractivity contribution is 0.0343. The highest BCUT2D eigenvalue weighted by molar-refractivity contribution is 5.96. The number of carbonyl (C=O) groups is 1. The molecule has 0 spiro atoms. The van der Waals surface area contributed by atoms with Crippen molar-refractivity contribution in [2.24, 2.45) is 13.0 Å². The van der Waals surface area contributed by atoms with Gasteiger partial charge in [0.05, 0.1) is 18.3 Å². The van der Waals surface area contributed by atoms with Gasteiger partial charge in [-0.1, -0.05) is 6.92 Å². The number of aromatic nitrogens is 1. The first kappa shape index (κ1) is 12.3. The van der Waals surface area contributed by atoms with Gasteiger partial charge in [-0.05, 0) is 24.5 Å². The minimum atomic E-state index is -0.212. The molecule has 2 rings (SSSR count). The van der Waals surface area contributed by atoms with E-state index in [0.717, 1.165) is 25.2 Å². The molecule has 0 aromatic carbocycles. The Bertz CT molecular complexity index is 400. The maximum atomic E-state index is 12.1. The summed E-state index contributed by atoms with van der Waals surface area (Å²) in [5, 5.41) is 9.64. The van der Waals surface area contributed by atoms with Crippen molar-refractivity contribution in [1.29, 1.82) is 0 Å². The molecule has 0 aliphatic carbocycles. The van der Waals surface area contributed by atoms with Crippen molar-refractivity contribution in [3.8, 4) is 0 Å². The molecule has 17 heavy (non-hydrogen) atoms. The first-order valence-corrected chi connectivity index (χ1v) is 6.13. The van der Waals surface area contributed by atoms with Crippen LogP contribution in [0.3, 0.4) is 0 Å². The molecule has 1 aromatic rings. The number of hydrogen-bond donors (Lipinski definition) is 1. The van der Waals surface area contributed by atoms with Crippen molar-refractivity contribution in [1.82, 2.24) is 9.47 Å². The average molecular weight is 236 g/mol. The summed E-state index contributed by atoms with van der Waals surface area (Å²) < 4.78 is 1.85. The largest absolute Gasteiger partial charge is 0.393 e. The molecule has 0 bridgehead atoms. The van der Waals surface area contributed by atoms with Gasteiger partial charge in [-0.2, -0.15) is 0 Å². The fourth-order valence-electron chi connectivity index (χ4n) is 2.40. The van der Waals surface area contributed by atoms with Crippen LogP contribution in [-0.2, 0) is 7.05 Å². The SMILES string of the molecule is CC1CN(CC(=O)c2cccn2C)CCC1O. The summed E-state index contributed by atoms with van der Waals surface area (Å²) >= 11 is 0. The molecular formula is C13H20N2O2. The summed E-state index contributed by atoms with van der Waals surface area (Å²) in [6.45, 7) is 4.09. The van der Waals surface area contributed by atoms with E-state index in [4.69, 9.17) is 0 Å². The van der Waals surface area contributed by atoms with Gasteiger partial charge in [-0.25, -0.2) is 0 Å². The van der Waals surface area contributed by atoms with Crippen LogP contribution in [0.2, 0.25) is 0 Å². The number of ketones is 1. The van der Waals surface area contributed by atoms with Crippen molar-refractivity contribution in [3.05, 3.63) is 24.0 Å². The van der Waals surface area contributed by atoms with Crippen molar-refractivity contribution < 1.29 is 9.90 Å². The summed E-state index contributed by atoms with van der Waals surface area (Å²) in [6.07, 6.45) is 2.44. The number of aryl methyl sites for hydroxylation is 1. The lowest BCUT2D eigenvalue weighted by atomic mass is 9.96. The Hall–Kier alpha value is -1.13. The maximum absolute atomic E-state index is 12.1. The molecule has 94 valence electrons. The first-order chi connectivity index (χ1) is 8.08. The van der Waals surface area contributed by atoms with Crippen LogP contribution >= 0.6 is 0 Å². The fraction of sp³-hybridized carbons (Fsp3) is 0.615. The molecule has 4 nitrogen and oxygen atoms in total. The van der Waals surface area contributed by atoms with E-state index in [2.05, 4.69) is 4.90 Å². The Morgan fingerprint density at radius 2 is 2.35 bits per heavy atom. The van der Waals surface area contributed by atoms with E-state index in [0.29, 0.717) is 6.54 Å². The van der Waals surface area contributed by atoms with Crippen LogP contribution in [0.1, 0.15) is 23.8 Å². The third-order valence-corrected chi connectivity index (χ3v) is 3.54. The topological polar surface area (TPSA) is 45.5 Å². The minimum absolute atomic E-state index is 0.154. The number of rotatable bonds is 3. The van der Waals surface area contributed by atoms with Gasteiger partial charge in [-0.3, -0.25) is 9.69 Å². The zero-order valence-electron chi connectivity index (χ0n) is 10.5. The van der Waals surface area contributed by atoms with Gasteiger partial charge in [0, 0.05) is 26.3 Å². The van der Waals surface area contributed by atoms with Crippen molar-refractivity contribution in [3.63, 3.8) is 0 Å². The second kappa shape index (κ2) is 5.02. The van der Waals surface area contributed by atoms with Gasteiger partial charge >= 0.3 is 0 Å². The molecular weight excluding hydrogens is 216 g/mol. The molecule has 1 aliphatic heterocycles. The maximum Gasteiger partial charge on any atom is 0.193 e. The van der Waals surface area contributed by atoms with Crippen LogP contribution < -0.4 is 0 Å². The molecule has 2 atom stereocenters. The van der Waals surface area contributed by atoms with Crippen LogP contribution in [0.25, 0.3) is 0 Å². The predicted molar refractivity (Wildman–Crippen MR) is 66.0 cm³/mol. The van der Waals surface area contributed by atoms with E-state index < -0.39 is 0 Å². The smallest absolute Gasteiger partial charge is 0.193 e. The Kier molecular flexibility index (Phi) is 3.64. The number of nitrogens with zero attached hydrogens (tertiary/aromatic N) is 2. The van der Waals surface area contributed by atoms with Crippen LogP contribution in [0.15, 0.2) is 18.3 Å². The zero-order valence-corrected chi connectivity index (χ0v) is 10.5. The number of Topliss-reactive ketones (excluding diaryl/α,β-unsaturated/α-hetero) is 1. The molecule has 2 unspecified atom stereocenters. The molecule has 1 aromatic heterocycles. The van der Waals surface area contributed by atoms with Crippen molar-refractivity contribution in [2.75, 3.05) is 19.6 Å². The molecule has 1 N–H and O–H groups in total. The van der Waals surface area contributed by atoms with Gasteiger partial charge in [0.1, 0.15) is 0 Å². The Morgan fingerprint density at radius 3 is 2.94 bits per heavy atom. The van der Waals surface area contributed by atoms with Gasteiger partial charge in [0.2, 0.25) is 0 Å². The molecule has 1 fully saturated rings. The number of carbonyl (C=O) groups excluding carboxylic acids is 1. The summed E-state index contributed by atoms with van der Waals surface area (Å²) in [7, 11) is 1.88. The summed E-state index contributed by atoms with van der Waals surface area (Å²) in [5.41, 5.74) is 0.753. The molecule has 0 radical (unpaired) electrons. The summed E-state index contributed by atoms with van der Waals surface area (Å²) in [4.78, 5) is 14.2. The Balaban J connectivity index is 1.94. The standard InChI is InChI=1S/C13H20N2O2/c1-10-8-15(7-5-12(10)16)9-13(17)11-4-3-6-14(11)2/h3-4,6,10,12,16H,5,7-9H2,1-2H3. The number of aliphatic hydroxyl groups is 1. The average Bonchev–Trinajstić information content (AvgIpc) is 2.70. The lowest BCUT2D eigenvalue weighted by Gasteiger charge is -2.33. The number of likely N-dealkylation sites (tertiary alicyclic amines) is 1. The number of aliphatic hydroxyl groups excluding tert-OH is 1. The number of hydrogen-bond acceptors (Lipinski definition) is 3. The predicted octanol–water partition coefficient (Wildman–Crippen LogP) is 0.911. The first-order valence-electron chi connectivity index (χ1n) is 6.13. The highest BCUT2D eigenvalue weighted by Crippen LogP contribution is 2.16. The van der Waals surface area contributed by atoms with E-state index >= 15 is 0 Å². The van der Waals surface area contributed by atoms with Crippen molar-refractivity contribution >= 4 is 5.78 Å². The van der Waals surface area contributed by atoms with Crippen LogP contribution in [-0.4, -0.2) is 46.1 Å². The van der Waals surface area contributed by atoms with E-state index in [1.807, 2.05) is 36.9 Å². The third kappa shape index (κ3) is 2.76. The highest BCUT2D eigenvalue weighted by atomic mass is 16.3. The minimum Gasteiger partial charge on any atom is -0.393 e. The monoisotopic (exact) mass is 236 g/mol. The third-order valence-electron chi connectivity index (χ3n) is 3.54. The van der Waals surface area contributed by atoms with Gasteiger partial charge < -0.3 is 9.67 Å². The van der Waals surface area contributed by atoms with Gasteiger partial charge in [-0.15, -0.1) is 0 Å². The quantitative estimate of drug-likeness (QED) is 0.793. The van der Waals surface area contributed by atoms with Crippen LogP contribution in [0, 0.1) is 5.92 Å². The van der Waals surface area contributed by atoms with Gasteiger partial charge in [0.25, 0.3) is 0 Å². The van der Waals surface area contributed by atoms with E-state index in [9.17, 15) is 9.90 Å². The Morgan fingerprint density at radius 1 is 1.59 bits per heavy atom. The fourth-order valence-corrected chi connectivity index (χ4v) is 2.40. The molecule has 4 heteroatoms. The molecule has 0 amide bonds. The molecule has 1 saturated heterocycles. The van der Waals surface area contributed by atoms with E-state index in [1.165, 1.54) is 0 Å². The lowest BCUT2D eigenvalue weighted by Crippen LogP contribution is -2.44. The second-order valence-corrected chi connectivity index (χ2v) is 5.00. The zero-order chi connectivity index (χ0) is 12.4. The summed E-state index contributed by atoms with van der Waals surface area (Å²) in [5.74, 6) is 0.408. The van der Waals surface area contributed by atoms with Crippen LogP contribution in [0.5, 0.6) is 0 Å². The molecule has 2 heterocycles. The van der Waals surface area contributed by atoms with Crippen molar-refractivity contribution in [2.45, 2.75) is 19.4 Å². The second-order valence-electron chi connectivity index (χ2n) is 5.00. The number of piperidine rings is 1. The summed E-state index contributed by atoms with van der Waals surface area (Å²) in [6, 6.07) is 3.74.